The summed E-state index contributed by atoms with van der Waals surface area (Å²) in [5, 5.41) is 5.91. The molecule has 5 aromatic carbocycles. The Morgan fingerprint density at radius 2 is 1.40 bits per heavy atom. The molecule has 3 aromatic heterocycles. The van der Waals surface area contributed by atoms with Crippen molar-refractivity contribution in [1.29, 1.82) is 0 Å². The highest BCUT2D eigenvalue weighted by Gasteiger charge is 2.24. The lowest BCUT2D eigenvalue weighted by Crippen LogP contribution is -1.99. The zero-order valence-corrected chi connectivity index (χ0v) is 24.4. The number of fused-ring (bicyclic) bond motifs is 7. The minimum absolute atomic E-state index is 0.726. The zero-order valence-electron chi connectivity index (χ0n) is 24.4. The van der Waals surface area contributed by atoms with Crippen molar-refractivity contribution in [2.24, 2.45) is 0 Å². The average molecular weight is 575 g/mol. The van der Waals surface area contributed by atoms with E-state index >= 15 is 0 Å². The Labute approximate surface area is 259 Å². The van der Waals surface area contributed by atoms with Crippen molar-refractivity contribution in [1.82, 2.24) is 19.5 Å². The van der Waals surface area contributed by atoms with Crippen molar-refractivity contribution in [2.75, 3.05) is 0 Å². The predicted octanol–water partition coefficient (Wildman–Crippen LogP) is 10.5. The maximum atomic E-state index is 5.36. The third kappa shape index (κ3) is 3.51. The van der Waals surface area contributed by atoms with Crippen LogP contribution in [0, 0.1) is 0 Å². The van der Waals surface area contributed by atoms with Gasteiger partial charge in [-0.1, -0.05) is 97.1 Å². The molecule has 0 aliphatic heterocycles. The van der Waals surface area contributed by atoms with Gasteiger partial charge in [0.1, 0.15) is 0 Å². The number of rotatable bonds is 3. The molecule has 3 heterocycles. The summed E-state index contributed by atoms with van der Waals surface area (Å²) in [6.07, 6.45) is 12.5. The van der Waals surface area contributed by atoms with Crippen molar-refractivity contribution in [3.8, 4) is 44.9 Å². The summed E-state index contributed by atoms with van der Waals surface area (Å²) < 4.78 is 2.39. The highest BCUT2D eigenvalue weighted by molar-refractivity contribution is 6.19. The summed E-state index contributed by atoms with van der Waals surface area (Å²) in [4.78, 5) is 15.0. The third-order valence-electron chi connectivity index (χ3n) is 9.51. The fraction of sp³-hybridized carbons (Fsp3) is 0.0488. The number of pyridine rings is 1. The van der Waals surface area contributed by atoms with Crippen LogP contribution in [0.4, 0.5) is 0 Å². The van der Waals surface area contributed by atoms with Crippen LogP contribution >= 0.6 is 0 Å². The summed E-state index contributed by atoms with van der Waals surface area (Å²) in [7, 11) is 0. The van der Waals surface area contributed by atoms with Crippen LogP contribution in [0.1, 0.15) is 12.8 Å². The molecule has 0 saturated heterocycles. The molecule has 0 N–H and O–H groups in total. The minimum atomic E-state index is 0.726. The number of nitrogens with zero attached hydrogens (tertiary/aromatic N) is 4. The van der Waals surface area contributed by atoms with E-state index in [0.717, 1.165) is 57.3 Å². The molecule has 0 unspecified atom stereocenters. The molecule has 8 aromatic rings. The Hall–Kier alpha value is -5.87. The molecule has 2 aliphatic rings. The van der Waals surface area contributed by atoms with Crippen LogP contribution in [0.2, 0.25) is 0 Å². The van der Waals surface area contributed by atoms with Gasteiger partial charge in [-0.05, 0) is 70.1 Å². The van der Waals surface area contributed by atoms with Gasteiger partial charge in [0.25, 0.3) is 0 Å². The summed E-state index contributed by atoms with van der Waals surface area (Å²) in [5.74, 6) is 0.726. The van der Waals surface area contributed by atoms with E-state index < -0.39 is 0 Å². The molecule has 4 heteroatoms. The van der Waals surface area contributed by atoms with Crippen LogP contribution in [0.15, 0.2) is 134 Å². The first-order valence-corrected chi connectivity index (χ1v) is 15.5. The van der Waals surface area contributed by atoms with Gasteiger partial charge in [-0.2, -0.15) is 0 Å². The molecular weight excluding hydrogens is 548 g/mol. The van der Waals surface area contributed by atoms with Crippen LogP contribution in [0.25, 0.3) is 94.1 Å². The van der Waals surface area contributed by atoms with E-state index in [2.05, 4.69) is 131 Å². The standard InChI is InChI=1S/C41H26N4/c1-2-9-26(10-3-1)45-37-21-22-42-24-35(37)29-18-17-25(23-38(29)45)41-43-36-16-7-6-13-34(36)40(44-41)33-20-19-32-28-12-5-4-11-27(28)30-14-8-15-31(33)39(30)32/h1-2,4-9,11-24H,3,10H2. The molecule has 10 rings (SSSR count). The van der Waals surface area contributed by atoms with E-state index in [-0.39, 0.29) is 0 Å². The first-order chi connectivity index (χ1) is 22.3. The average Bonchev–Trinajstić information content (AvgIpc) is 3.62. The molecule has 0 radical (unpaired) electrons. The van der Waals surface area contributed by atoms with Gasteiger partial charge in [-0.15, -0.1) is 0 Å². The van der Waals surface area contributed by atoms with Crippen molar-refractivity contribution in [3.63, 3.8) is 0 Å². The largest absolute Gasteiger partial charge is 0.313 e. The van der Waals surface area contributed by atoms with Crippen molar-refractivity contribution in [2.45, 2.75) is 12.8 Å². The van der Waals surface area contributed by atoms with E-state index in [4.69, 9.17) is 9.97 Å². The number of allylic oxidation sites excluding steroid dienone is 4. The second-order valence-electron chi connectivity index (χ2n) is 11.9. The van der Waals surface area contributed by atoms with Crippen molar-refractivity contribution < 1.29 is 0 Å². The second-order valence-corrected chi connectivity index (χ2v) is 11.9. The van der Waals surface area contributed by atoms with E-state index in [9.17, 15) is 0 Å². The Bertz CT molecular complexity index is 2570. The van der Waals surface area contributed by atoms with Gasteiger partial charge in [0.2, 0.25) is 0 Å². The smallest absolute Gasteiger partial charge is 0.160 e. The normalized spacial score (nSPS) is 13.6. The maximum absolute atomic E-state index is 5.36. The molecule has 0 atom stereocenters. The third-order valence-corrected chi connectivity index (χ3v) is 9.51. The van der Waals surface area contributed by atoms with Crippen LogP contribution in [-0.4, -0.2) is 19.5 Å². The Morgan fingerprint density at radius 1 is 0.600 bits per heavy atom. The quantitative estimate of drug-likeness (QED) is 0.211. The lowest BCUT2D eigenvalue weighted by Gasteiger charge is -2.15. The molecule has 0 amide bonds. The molecule has 4 nitrogen and oxygen atoms in total. The monoisotopic (exact) mass is 574 g/mol. The van der Waals surface area contributed by atoms with E-state index in [1.54, 1.807) is 0 Å². The van der Waals surface area contributed by atoms with E-state index in [1.165, 1.54) is 49.6 Å². The maximum Gasteiger partial charge on any atom is 0.160 e. The number of benzene rings is 5. The fourth-order valence-electron chi connectivity index (χ4n) is 7.51. The first-order valence-electron chi connectivity index (χ1n) is 15.5. The number of hydrogen-bond donors (Lipinski definition) is 0. The van der Waals surface area contributed by atoms with Crippen LogP contribution in [-0.2, 0) is 0 Å². The Morgan fingerprint density at radius 3 is 2.29 bits per heavy atom. The highest BCUT2D eigenvalue weighted by atomic mass is 15.0. The van der Waals surface area contributed by atoms with Crippen molar-refractivity contribution in [3.05, 3.63) is 134 Å². The Kier molecular flexibility index (Phi) is 5.08. The van der Waals surface area contributed by atoms with Crippen LogP contribution < -0.4 is 0 Å². The topological polar surface area (TPSA) is 43.6 Å². The van der Waals surface area contributed by atoms with Gasteiger partial charge >= 0.3 is 0 Å². The van der Waals surface area contributed by atoms with Crippen LogP contribution in [0.3, 0.4) is 0 Å². The van der Waals surface area contributed by atoms with Gasteiger partial charge in [-0.3, -0.25) is 4.98 Å². The van der Waals surface area contributed by atoms with Crippen LogP contribution in [0.5, 0.6) is 0 Å². The fourth-order valence-corrected chi connectivity index (χ4v) is 7.51. The van der Waals surface area contributed by atoms with Gasteiger partial charge in [0.15, 0.2) is 5.82 Å². The molecule has 0 spiro atoms. The summed E-state index contributed by atoms with van der Waals surface area (Å²) in [6, 6.07) is 37.0. The molecular formula is C41H26N4. The molecule has 0 bridgehead atoms. The van der Waals surface area contributed by atoms with Gasteiger partial charge in [-0.25, -0.2) is 9.97 Å². The molecule has 0 saturated carbocycles. The van der Waals surface area contributed by atoms with Gasteiger partial charge in [0, 0.05) is 45.4 Å². The Balaban J connectivity index is 1.23. The number of hydrogen-bond acceptors (Lipinski definition) is 3. The molecule has 0 fully saturated rings. The van der Waals surface area contributed by atoms with E-state index in [1.807, 2.05) is 12.4 Å². The summed E-state index contributed by atoms with van der Waals surface area (Å²) >= 11 is 0. The number of para-hydroxylation sites is 1. The second kappa shape index (κ2) is 9.31. The molecule has 2 aliphatic carbocycles. The highest BCUT2D eigenvalue weighted by Crippen LogP contribution is 2.49. The van der Waals surface area contributed by atoms with E-state index in [0.29, 0.717) is 0 Å². The minimum Gasteiger partial charge on any atom is -0.313 e. The lowest BCUT2D eigenvalue weighted by molar-refractivity contribution is 0.979. The lowest BCUT2D eigenvalue weighted by atomic mass is 9.95. The molecule has 210 valence electrons. The van der Waals surface area contributed by atoms with Crippen molar-refractivity contribution >= 4 is 49.2 Å². The number of aromatic nitrogens is 4. The summed E-state index contributed by atoms with van der Waals surface area (Å²) in [5.41, 5.74) is 12.8. The first kappa shape index (κ1) is 24.6. The van der Waals surface area contributed by atoms with Gasteiger partial charge < -0.3 is 4.57 Å². The van der Waals surface area contributed by atoms with Gasteiger partial charge in [0.05, 0.1) is 22.2 Å². The summed E-state index contributed by atoms with van der Waals surface area (Å²) in [6.45, 7) is 0. The zero-order chi connectivity index (χ0) is 29.5. The molecule has 45 heavy (non-hydrogen) atoms. The predicted molar refractivity (Wildman–Crippen MR) is 186 cm³/mol. The SMILES string of the molecule is C1=CCCC(n2c3ccncc3c3ccc(-c4nc(-c5ccc6c7c(cccc57)-c5ccccc5-6)c5ccccc5n4)cc32)=C1.